The van der Waals surface area contributed by atoms with Crippen LogP contribution >= 0.6 is 0 Å². The highest BCUT2D eigenvalue weighted by Crippen LogP contribution is 2.41. The van der Waals surface area contributed by atoms with Crippen molar-refractivity contribution in [3.8, 4) is 11.5 Å². The predicted octanol–water partition coefficient (Wildman–Crippen LogP) is 5.03. The minimum Gasteiger partial charge on any atom is -0.488 e. The molecular formula is C20H22O2. The van der Waals surface area contributed by atoms with Crippen LogP contribution < -0.4 is 9.47 Å². The van der Waals surface area contributed by atoms with Crippen LogP contribution in [0.3, 0.4) is 0 Å². The number of fused-ring (bicyclic) bond motifs is 1. The summed E-state index contributed by atoms with van der Waals surface area (Å²) in [5.74, 6) is 2.99. The third kappa shape index (κ3) is 2.61. The van der Waals surface area contributed by atoms with Gasteiger partial charge >= 0.3 is 0 Å². The molecule has 3 rings (SSSR count). The molecule has 1 aliphatic rings. The largest absolute Gasteiger partial charge is 0.488 e. The summed E-state index contributed by atoms with van der Waals surface area (Å²) in [6.07, 6.45) is 3.04. The average molecular weight is 294 g/mol. The molecule has 0 saturated heterocycles. The maximum Gasteiger partial charge on any atom is 0.134 e. The van der Waals surface area contributed by atoms with E-state index in [1.165, 1.54) is 27.8 Å². The molecule has 22 heavy (non-hydrogen) atoms. The third-order valence-electron chi connectivity index (χ3n) is 4.39. The molecule has 0 N–H and O–H groups in total. The first-order valence-electron chi connectivity index (χ1n) is 7.72. The number of rotatable bonds is 3. The van der Waals surface area contributed by atoms with E-state index in [1.807, 2.05) is 25.1 Å². The smallest absolute Gasteiger partial charge is 0.134 e. The molecule has 0 aliphatic carbocycles. The fourth-order valence-corrected chi connectivity index (χ4v) is 2.93. The van der Waals surface area contributed by atoms with Crippen LogP contribution in [0.2, 0.25) is 0 Å². The number of hydrogen-bond acceptors (Lipinski definition) is 2. The molecular weight excluding hydrogens is 272 g/mol. The molecule has 1 aliphatic heterocycles. The molecule has 2 heteroatoms. The molecule has 0 saturated carbocycles. The van der Waals surface area contributed by atoms with Gasteiger partial charge in [-0.1, -0.05) is 30.3 Å². The minimum atomic E-state index is 0.594. The molecule has 114 valence electrons. The van der Waals surface area contributed by atoms with Gasteiger partial charge in [0.2, 0.25) is 0 Å². The van der Waals surface area contributed by atoms with E-state index in [9.17, 15) is 0 Å². The van der Waals surface area contributed by atoms with Crippen LogP contribution in [-0.4, -0.2) is 0 Å². The van der Waals surface area contributed by atoms with Crippen molar-refractivity contribution >= 4 is 0 Å². The highest BCUT2D eigenvalue weighted by Gasteiger charge is 2.21. The third-order valence-corrected chi connectivity index (χ3v) is 4.39. The highest BCUT2D eigenvalue weighted by atomic mass is 16.5. The zero-order valence-corrected chi connectivity index (χ0v) is 13.7. The molecule has 1 heterocycles. The van der Waals surface area contributed by atoms with Crippen molar-refractivity contribution in [1.29, 1.82) is 0 Å². The van der Waals surface area contributed by atoms with Gasteiger partial charge in [-0.15, -0.1) is 0 Å². The standard InChI is InChI=1S/C20H22O2/c1-13-10-11-18-16(4)19(14(2)15(3)20(18)22-13)21-12-17-8-6-5-7-9-17/h5-10H,11-12H2,1-4H3. The Morgan fingerprint density at radius 1 is 0.955 bits per heavy atom. The van der Waals surface area contributed by atoms with Crippen molar-refractivity contribution in [1.82, 2.24) is 0 Å². The zero-order chi connectivity index (χ0) is 15.7. The molecule has 0 amide bonds. The SMILES string of the molecule is CC1=CCc2c(C)c(OCc3ccccc3)c(C)c(C)c2O1. The fraction of sp³-hybridized carbons (Fsp3) is 0.300. The van der Waals surface area contributed by atoms with E-state index >= 15 is 0 Å². The summed E-state index contributed by atoms with van der Waals surface area (Å²) in [7, 11) is 0. The van der Waals surface area contributed by atoms with Crippen LogP contribution in [-0.2, 0) is 13.0 Å². The normalized spacial score (nSPS) is 13.2. The number of ether oxygens (including phenoxy) is 2. The van der Waals surface area contributed by atoms with Crippen LogP contribution in [0.1, 0.15) is 34.7 Å². The van der Waals surface area contributed by atoms with Gasteiger partial charge in [0.1, 0.15) is 18.1 Å². The fourth-order valence-electron chi connectivity index (χ4n) is 2.93. The van der Waals surface area contributed by atoms with E-state index in [0.717, 1.165) is 23.7 Å². The van der Waals surface area contributed by atoms with Gasteiger partial charge in [0.25, 0.3) is 0 Å². The van der Waals surface area contributed by atoms with Crippen molar-refractivity contribution in [2.45, 2.75) is 40.7 Å². The molecule has 0 radical (unpaired) electrons. The second-order valence-electron chi connectivity index (χ2n) is 5.91. The summed E-state index contributed by atoms with van der Waals surface area (Å²) >= 11 is 0. The van der Waals surface area contributed by atoms with E-state index in [2.05, 4.69) is 39.0 Å². The summed E-state index contributed by atoms with van der Waals surface area (Å²) in [4.78, 5) is 0. The van der Waals surface area contributed by atoms with Gasteiger partial charge in [-0.2, -0.15) is 0 Å². The van der Waals surface area contributed by atoms with Gasteiger partial charge < -0.3 is 9.47 Å². The lowest BCUT2D eigenvalue weighted by molar-refractivity contribution is 0.300. The average Bonchev–Trinajstić information content (AvgIpc) is 2.53. The second kappa shape index (κ2) is 5.88. The van der Waals surface area contributed by atoms with Crippen LogP contribution in [0.15, 0.2) is 42.2 Å². The van der Waals surface area contributed by atoms with Crippen molar-refractivity contribution < 1.29 is 9.47 Å². The summed E-state index contributed by atoms with van der Waals surface area (Å²) < 4.78 is 12.1. The van der Waals surface area contributed by atoms with Gasteiger partial charge in [-0.05, 0) is 62.4 Å². The van der Waals surface area contributed by atoms with Gasteiger partial charge in [-0.3, -0.25) is 0 Å². The monoisotopic (exact) mass is 294 g/mol. The summed E-state index contributed by atoms with van der Waals surface area (Å²) in [5, 5.41) is 0. The summed E-state index contributed by atoms with van der Waals surface area (Å²) in [5.41, 5.74) is 5.97. The lowest BCUT2D eigenvalue weighted by Crippen LogP contribution is -2.09. The van der Waals surface area contributed by atoms with Gasteiger partial charge in [0.15, 0.2) is 0 Å². The number of benzene rings is 2. The van der Waals surface area contributed by atoms with Crippen LogP contribution in [0.5, 0.6) is 11.5 Å². The quantitative estimate of drug-likeness (QED) is 0.790. The van der Waals surface area contributed by atoms with Crippen molar-refractivity contribution in [2.24, 2.45) is 0 Å². The topological polar surface area (TPSA) is 18.5 Å². The lowest BCUT2D eigenvalue weighted by atomic mass is 9.94. The van der Waals surface area contributed by atoms with Crippen molar-refractivity contribution in [2.75, 3.05) is 0 Å². The molecule has 0 fully saturated rings. The first-order chi connectivity index (χ1) is 10.6. The molecule has 0 bridgehead atoms. The Balaban J connectivity index is 1.95. The molecule has 2 aromatic carbocycles. The second-order valence-corrected chi connectivity index (χ2v) is 5.91. The summed E-state index contributed by atoms with van der Waals surface area (Å²) in [6.45, 7) is 8.95. The van der Waals surface area contributed by atoms with Gasteiger partial charge in [0.05, 0.1) is 5.76 Å². The maximum absolute atomic E-state index is 6.15. The Morgan fingerprint density at radius 3 is 2.41 bits per heavy atom. The first kappa shape index (κ1) is 14.7. The van der Waals surface area contributed by atoms with Gasteiger partial charge in [-0.25, -0.2) is 0 Å². The lowest BCUT2D eigenvalue weighted by Gasteiger charge is -2.24. The molecule has 0 atom stereocenters. The summed E-state index contributed by atoms with van der Waals surface area (Å²) in [6, 6.07) is 10.3. The van der Waals surface area contributed by atoms with Crippen LogP contribution in [0, 0.1) is 20.8 Å². The first-order valence-corrected chi connectivity index (χ1v) is 7.72. The Morgan fingerprint density at radius 2 is 1.68 bits per heavy atom. The van der Waals surface area contributed by atoms with Crippen molar-refractivity contribution in [3.05, 3.63) is 70.0 Å². The number of hydrogen-bond donors (Lipinski definition) is 0. The molecule has 0 spiro atoms. The Bertz CT molecular complexity index is 727. The molecule has 2 aromatic rings. The maximum atomic E-state index is 6.15. The highest BCUT2D eigenvalue weighted by molar-refractivity contribution is 5.59. The zero-order valence-electron chi connectivity index (χ0n) is 13.7. The van der Waals surface area contributed by atoms with E-state index in [-0.39, 0.29) is 0 Å². The Labute approximate surface area is 132 Å². The van der Waals surface area contributed by atoms with E-state index in [4.69, 9.17) is 9.47 Å². The Kier molecular flexibility index (Phi) is 3.93. The number of allylic oxidation sites excluding steroid dienone is 2. The molecule has 0 unspecified atom stereocenters. The van der Waals surface area contributed by atoms with Crippen molar-refractivity contribution in [3.63, 3.8) is 0 Å². The van der Waals surface area contributed by atoms with Gasteiger partial charge in [0, 0.05) is 5.56 Å². The van der Waals surface area contributed by atoms with Crippen LogP contribution in [0.4, 0.5) is 0 Å². The minimum absolute atomic E-state index is 0.594. The van der Waals surface area contributed by atoms with E-state index in [1.54, 1.807) is 0 Å². The Hall–Kier alpha value is -2.22. The van der Waals surface area contributed by atoms with E-state index < -0.39 is 0 Å². The van der Waals surface area contributed by atoms with Crippen LogP contribution in [0.25, 0.3) is 0 Å². The predicted molar refractivity (Wildman–Crippen MR) is 89.5 cm³/mol. The molecule has 0 aromatic heterocycles. The van der Waals surface area contributed by atoms with E-state index in [0.29, 0.717) is 6.61 Å². The molecule has 2 nitrogen and oxygen atoms in total.